The maximum Gasteiger partial charge on any atom is 0.338 e. The quantitative estimate of drug-likeness (QED) is 0.486. The van der Waals surface area contributed by atoms with E-state index in [-0.39, 0.29) is 23.7 Å². The van der Waals surface area contributed by atoms with E-state index in [0.29, 0.717) is 16.9 Å². The van der Waals surface area contributed by atoms with Gasteiger partial charge in [-0.3, -0.25) is 4.79 Å². The number of aromatic nitrogens is 2. The number of anilines is 2. The van der Waals surface area contributed by atoms with Crippen molar-refractivity contribution in [1.82, 2.24) is 10.1 Å². The topological polar surface area (TPSA) is 120 Å². The highest BCUT2D eigenvalue weighted by Gasteiger charge is 2.24. The number of nitrogen functional groups attached to an aromatic ring is 1. The van der Waals surface area contributed by atoms with Crippen LogP contribution in [-0.2, 0) is 4.74 Å². The van der Waals surface area contributed by atoms with Crippen molar-refractivity contribution in [3.05, 3.63) is 71.8 Å². The second kappa shape index (κ2) is 8.04. The number of rotatable bonds is 5. The number of hydrogen-bond donors (Lipinski definition) is 2. The Morgan fingerprint density at radius 3 is 2.77 bits per heavy atom. The minimum absolute atomic E-state index is 0.0688. The minimum atomic E-state index is -0.528. The lowest BCUT2D eigenvalue weighted by atomic mass is 10.1. The molecule has 0 bridgehead atoms. The van der Waals surface area contributed by atoms with Gasteiger partial charge >= 0.3 is 5.97 Å². The maximum absolute atomic E-state index is 12.9. The fourth-order valence-electron chi connectivity index (χ4n) is 3.03. The Bertz CT molecular complexity index is 1250. The monoisotopic (exact) mass is 402 g/mol. The number of fused-ring (bicyclic) bond motifs is 1. The summed E-state index contributed by atoms with van der Waals surface area (Å²) in [5.74, 6) is -1.13. The van der Waals surface area contributed by atoms with E-state index in [4.69, 9.17) is 15.0 Å². The number of amides is 1. The molecule has 0 spiro atoms. The predicted octanol–water partition coefficient (Wildman–Crippen LogP) is 3.90. The van der Waals surface area contributed by atoms with Crippen LogP contribution in [0.2, 0.25) is 0 Å². The first kappa shape index (κ1) is 19.1. The Labute approximate surface area is 171 Å². The van der Waals surface area contributed by atoms with Crippen LogP contribution in [0.5, 0.6) is 0 Å². The smallest absolute Gasteiger partial charge is 0.338 e. The van der Waals surface area contributed by atoms with Gasteiger partial charge in [-0.05, 0) is 37.3 Å². The zero-order valence-electron chi connectivity index (χ0n) is 16.1. The highest BCUT2D eigenvalue weighted by atomic mass is 16.5. The number of esters is 1. The molecule has 0 fully saturated rings. The first-order valence-electron chi connectivity index (χ1n) is 9.26. The molecule has 0 unspecified atom stereocenters. The van der Waals surface area contributed by atoms with Crippen molar-refractivity contribution in [3.8, 4) is 11.4 Å². The van der Waals surface area contributed by atoms with E-state index in [2.05, 4.69) is 15.5 Å². The zero-order chi connectivity index (χ0) is 21.1. The van der Waals surface area contributed by atoms with E-state index in [0.717, 1.165) is 10.9 Å². The average Bonchev–Trinajstić information content (AvgIpc) is 3.15. The van der Waals surface area contributed by atoms with Gasteiger partial charge in [-0.15, -0.1) is 0 Å². The van der Waals surface area contributed by atoms with Gasteiger partial charge in [0.05, 0.1) is 23.4 Å². The molecule has 0 aliphatic rings. The van der Waals surface area contributed by atoms with Gasteiger partial charge in [-0.25, -0.2) is 9.78 Å². The molecular formula is C22H18N4O4. The maximum atomic E-state index is 12.9. The minimum Gasteiger partial charge on any atom is -0.462 e. The first-order valence-corrected chi connectivity index (χ1v) is 9.26. The summed E-state index contributed by atoms with van der Waals surface area (Å²) in [4.78, 5) is 29.4. The second-order valence-electron chi connectivity index (χ2n) is 6.42. The summed E-state index contributed by atoms with van der Waals surface area (Å²) >= 11 is 0. The Morgan fingerprint density at radius 2 is 1.93 bits per heavy atom. The van der Waals surface area contributed by atoms with Crippen LogP contribution in [0.25, 0.3) is 22.3 Å². The number of pyridine rings is 1. The summed E-state index contributed by atoms with van der Waals surface area (Å²) in [5.41, 5.74) is 8.12. The van der Waals surface area contributed by atoms with Crippen molar-refractivity contribution in [2.45, 2.75) is 6.92 Å². The number of ether oxygens (including phenoxy) is 1. The van der Waals surface area contributed by atoms with E-state index in [1.165, 1.54) is 6.07 Å². The van der Waals surface area contributed by atoms with E-state index in [9.17, 15) is 9.59 Å². The Hall–Kier alpha value is -4.20. The largest absolute Gasteiger partial charge is 0.462 e. The van der Waals surface area contributed by atoms with Crippen molar-refractivity contribution in [2.24, 2.45) is 0 Å². The number of nitrogens with two attached hydrogens (primary N) is 1. The van der Waals surface area contributed by atoms with Gasteiger partial charge in [-0.2, -0.15) is 0 Å². The molecule has 8 nitrogen and oxygen atoms in total. The van der Waals surface area contributed by atoms with Gasteiger partial charge in [0.15, 0.2) is 0 Å². The fourth-order valence-corrected chi connectivity index (χ4v) is 3.03. The molecule has 0 aliphatic carbocycles. The Balaban J connectivity index is 1.65. The van der Waals surface area contributed by atoms with Crippen molar-refractivity contribution < 1.29 is 18.8 Å². The van der Waals surface area contributed by atoms with Crippen molar-refractivity contribution in [1.29, 1.82) is 0 Å². The summed E-state index contributed by atoms with van der Waals surface area (Å²) < 4.78 is 10.1. The average molecular weight is 402 g/mol. The third-order valence-corrected chi connectivity index (χ3v) is 4.42. The number of hydrogen-bond acceptors (Lipinski definition) is 7. The lowest BCUT2D eigenvalue weighted by molar-refractivity contribution is 0.0526. The lowest BCUT2D eigenvalue weighted by Crippen LogP contribution is -2.15. The highest BCUT2D eigenvalue weighted by molar-refractivity contribution is 6.11. The molecule has 3 N–H and O–H groups in total. The molecule has 4 aromatic rings. The van der Waals surface area contributed by atoms with Gasteiger partial charge in [0.1, 0.15) is 11.3 Å². The fraction of sp³-hybridized carbons (Fsp3) is 0.0909. The molecule has 2 heterocycles. The standard InChI is InChI=1S/C22H18N4O4/c1-2-29-22(28)14-7-5-8-15(12-14)24-21(27)18-19(26-30-20(18)23)17-11-10-13-6-3-4-9-16(13)25-17/h3-12H,2,23H2,1H3,(H,24,27). The van der Waals surface area contributed by atoms with Crippen molar-refractivity contribution in [3.63, 3.8) is 0 Å². The SMILES string of the molecule is CCOC(=O)c1cccc(NC(=O)c2c(-c3ccc4ccccc4n3)noc2N)c1. The molecule has 0 aliphatic heterocycles. The molecule has 150 valence electrons. The number of nitrogens with one attached hydrogen (secondary N) is 1. The summed E-state index contributed by atoms with van der Waals surface area (Å²) in [6.45, 7) is 1.98. The number of para-hydroxylation sites is 1. The zero-order valence-corrected chi connectivity index (χ0v) is 16.1. The molecule has 0 saturated heterocycles. The molecule has 1 amide bonds. The number of carbonyl (C=O) groups is 2. The van der Waals surface area contributed by atoms with Crippen LogP contribution in [0.4, 0.5) is 11.6 Å². The van der Waals surface area contributed by atoms with Crippen LogP contribution >= 0.6 is 0 Å². The summed E-state index contributed by atoms with van der Waals surface area (Å²) in [7, 11) is 0. The number of nitrogens with zero attached hydrogens (tertiary/aromatic N) is 2. The Kier molecular flexibility index (Phi) is 5.13. The highest BCUT2D eigenvalue weighted by Crippen LogP contribution is 2.28. The molecule has 0 saturated carbocycles. The van der Waals surface area contributed by atoms with Crippen LogP contribution in [0.3, 0.4) is 0 Å². The van der Waals surface area contributed by atoms with Crippen LogP contribution in [0.15, 0.2) is 65.2 Å². The van der Waals surface area contributed by atoms with Crippen LogP contribution in [0, 0.1) is 0 Å². The third-order valence-electron chi connectivity index (χ3n) is 4.42. The third kappa shape index (κ3) is 3.70. The van der Waals surface area contributed by atoms with E-state index < -0.39 is 11.9 Å². The van der Waals surface area contributed by atoms with Gasteiger partial charge in [0.2, 0.25) is 5.88 Å². The van der Waals surface area contributed by atoms with Crippen LogP contribution < -0.4 is 11.1 Å². The normalized spacial score (nSPS) is 10.7. The predicted molar refractivity (Wildman–Crippen MR) is 112 cm³/mol. The molecule has 4 rings (SSSR count). The van der Waals surface area contributed by atoms with Gasteiger partial charge in [0.25, 0.3) is 5.91 Å². The molecule has 0 atom stereocenters. The molecule has 2 aromatic heterocycles. The number of carbonyl (C=O) groups excluding carboxylic acids is 2. The van der Waals surface area contributed by atoms with E-state index in [1.807, 2.05) is 30.3 Å². The molecular weight excluding hydrogens is 384 g/mol. The molecule has 8 heteroatoms. The van der Waals surface area contributed by atoms with Gasteiger partial charge in [-0.1, -0.05) is 35.5 Å². The first-order chi connectivity index (χ1) is 14.6. The second-order valence-corrected chi connectivity index (χ2v) is 6.42. The van der Waals surface area contributed by atoms with E-state index in [1.54, 1.807) is 31.2 Å². The van der Waals surface area contributed by atoms with Crippen LogP contribution in [0.1, 0.15) is 27.6 Å². The molecule has 0 radical (unpaired) electrons. The Morgan fingerprint density at radius 1 is 1.10 bits per heavy atom. The number of benzene rings is 2. The molecule has 30 heavy (non-hydrogen) atoms. The van der Waals surface area contributed by atoms with Crippen LogP contribution in [-0.4, -0.2) is 28.6 Å². The summed E-state index contributed by atoms with van der Waals surface area (Å²) in [6, 6.07) is 17.6. The van der Waals surface area contributed by atoms with Crippen molar-refractivity contribution >= 4 is 34.4 Å². The van der Waals surface area contributed by atoms with Gasteiger partial charge < -0.3 is 20.3 Å². The summed E-state index contributed by atoms with van der Waals surface area (Å²) in [6.07, 6.45) is 0. The lowest BCUT2D eigenvalue weighted by Gasteiger charge is -2.08. The van der Waals surface area contributed by atoms with E-state index >= 15 is 0 Å². The van der Waals surface area contributed by atoms with Crippen molar-refractivity contribution in [2.75, 3.05) is 17.7 Å². The summed E-state index contributed by atoms with van der Waals surface area (Å²) in [5, 5.41) is 7.60. The van der Waals surface area contributed by atoms with Gasteiger partial charge in [0, 0.05) is 11.1 Å². The molecule has 2 aromatic carbocycles.